The van der Waals surface area contributed by atoms with E-state index in [9.17, 15) is 13.2 Å². The maximum atomic E-state index is 13.4. The van der Waals surface area contributed by atoms with E-state index in [1.54, 1.807) is 6.07 Å². The van der Waals surface area contributed by atoms with Gasteiger partial charge in [0.05, 0.1) is 17.1 Å². The second kappa shape index (κ2) is 8.86. The van der Waals surface area contributed by atoms with Gasteiger partial charge in [0.25, 0.3) is 0 Å². The molecule has 0 spiro atoms. The zero-order valence-electron chi connectivity index (χ0n) is 20.3. The minimum Gasteiger partial charge on any atom is -0.399 e. The second-order valence-corrected chi connectivity index (χ2v) is 9.76. The van der Waals surface area contributed by atoms with Crippen LogP contribution in [0.1, 0.15) is 47.5 Å². The van der Waals surface area contributed by atoms with Gasteiger partial charge in [-0.05, 0) is 81.1 Å². The molecule has 2 aliphatic rings. The minimum atomic E-state index is -4.46. The third-order valence-electron chi connectivity index (χ3n) is 7.15. The van der Waals surface area contributed by atoms with Gasteiger partial charge in [-0.1, -0.05) is 0 Å². The van der Waals surface area contributed by atoms with Gasteiger partial charge in [0.15, 0.2) is 0 Å². The average molecular weight is 485 g/mol. The van der Waals surface area contributed by atoms with E-state index in [-0.39, 0.29) is 5.69 Å². The van der Waals surface area contributed by atoms with Crippen molar-refractivity contribution >= 4 is 28.1 Å². The molecule has 5 rings (SSSR count). The summed E-state index contributed by atoms with van der Waals surface area (Å²) >= 11 is 0. The molecule has 2 aromatic carbocycles. The van der Waals surface area contributed by atoms with Gasteiger partial charge >= 0.3 is 6.18 Å². The van der Waals surface area contributed by atoms with Crippen LogP contribution < -0.4 is 16.0 Å². The number of alkyl halides is 3. The molecule has 0 saturated carbocycles. The Kier molecular flexibility index (Phi) is 5.99. The number of nitrogen functional groups attached to an aromatic ring is 1. The fourth-order valence-electron chi connectivity index (χ4n) is 5.28. The quantitative estimate of drug-likeness (QED) is 0.511. The van der Waals surface area contributed by atoms with Crippen LogP contribution in [-0.2, 0) is 19.0 Å². The Morgan fingerprint density at radius 3 is 2.43 bits per heavy atom. The molecule has 186 valence electrons. The predicted octanol–water partition coefficient (Wildman–Crippen LogP) is 4.95. The molecule has 1 aromatic heterocycles. The molecule has 0 unspecified atom stereocenters. The van der Waals surface area contributed by atoms with Crippen molar-refractivity contribution in [2.45, 2.75) is 45.3 Å². The third kappa shape index (κ3) is 4.61. The van der Waals surface area contributed by atoms with Crippen LogP contribution in [0.2, 0.25) is 0 Å². The van der Waals surface area contributed by atoms with E-state index in [0.29, 0.717) is 17.2 Å². The normalized spacial score (nSPS) is 17.6. The van der Waals surface area contributed by atoms with Crippen molar-refractivity contribution in [3.8, 4) is 0 Å². The molecule has 2 heterocycles. The molecule has 9 heteroatoms. The lowest BCUT2D eigenvalue weighted by atomic mass is 10.0. The summed E-state index contributed by atoms with van der Waals surface area (Å²) < 4.78 is 40.1. The predicted molar refractivity (Wildman–Crippen MR) is 134 cm³/mol. The van der Waals surface area contributed by atoms with Crippen molar-refractivity contribution in [3.05, 3.63) is 52.3 Å². The van der Waals surface area contributed by atoms with E-state index in [0.717, 1.165) is 68.5 Å². The Morgan fingerprint density at radius 1 is 1.00 bits per heavy atom. The van der Waals surface area contributed by atoms with Crippen molar-refractivity contribution in [2.24, 2.45) is 0 Å². The number of likely N-dealkylation sites (N-methyl/N-ethyl adjacent to an activating group) is 1. The molecule has 0 radical (unpaired) electrons. The number of aromatic nitrogens is 2. The van der Waals surface area contributed by atoms with E-state index >= 15 is 0 Å². The van der Waals surface area contributed by atoms with Gasteiger partial charge in [-0.25, -0.2) is 9.97 Å². The van der Waals surface area contributed by atoms with Crippen LogP contribution in [0.4, 0.5) is 30.4 Å². The fraction of sp³-hybridized carbons (Fsp3) is 0.462. The van der Waals surface area contributed by atoms with E-state index in [1.807, 2.05) is 13.8 Å². The maximum absolute atomic E-state index is 13.4. The highest BCUT2D eigenvalue weighted by Crippen LogP contribution is 2.40. The van der Waals surface area contributed by atoms with Crippen LogP contribution in [0.25, 0.3) is 10.9 Å². The largest absolute Gasteiger partial charge is 0.416 e. The topological polar surface area (TPSA) is 70.3 Å². The van der Waals surface area contributed by atoms with Gasteiger partial charge < -0.3 is 20.9 Å². The molecule has 3 N–H and O–H groups in total. The van der Waals surface area contributed by atoms with Gasteiger partial charge in [-0.2, -0.15) is 13.2 Å². The summed E-state index contributed by atoms with van der Waals surface area (Å²) in [5.41, 5.74) is 10.5. The zero-order valence-corrected chi connectivity index (χ0v) is 20.3. The molecule has 3 aromatic rings. The van der Waals surface area contributed by atoms with Crippen molar-refractivity contribution in [2.75, 3.05) is 49.2 Å². The highest BCUT2D eigenvalue weighted by Gasteiger charge is 2.32. The first-order valence-electron chi connectivity index (χ1n) is 12.1. The van der Waals surface area contributed by atoms with Crippen LogP contribution in [-0.4, -0.2) is 48.1 Å². The number of rotatable bonds is 4. The maximum Gasteiger partial charge on any atom is 0.416 e. The lowest BCUT2D eigenvalue weighted by molar-refractivity contribution is -0.137. The number of nitrogens with one attached hydrogen (secondary N) is 1. The van der Waals surface area contributed by atoms with E-state index in [1.165, 1.54) is 16.8 Å². The minimum absolute atomic E-state index is 0.0855. The Labute approximate surface area is 203 Å². The average Bonchev–Trinajstić information content (AvgIpc) is 3.29. The first-order valence-corrected chi connectivity index (χ1v) is 12.1. The number of piperazine rings is 1. The molecule has 1 atom stereocenters. The summed E-state index contributed by atoms with van der Waals surface area (Å²) in [6, 6.07) is 5.44. The molecule has 0 amide bonds. The van der Waals surface area contributed by atoms with Crippen molar-refractivity contribution in [3.63, 3.8) is 0 Å². The summed E-state index contributed by atoms with van der Waals surface area (Å²) in [7, 11) is 2.14. The number of nitrogens with zero attached hydrogens (tertiary/aromatic N) is 4. The van der Waals surface area contributed by atoms with Gasteiger partial charge in [-0.15, -0.1) is 0 Å². The summed E-state index contributed by atoms with van der Waals surface area (Å²) in [6.45, 7) is 7.63. The molecule has 0 bridgehead atoms. The summed E-state index contributed by atoms with van der Waals surface area (Å²) in [5, 5.41) is 4.29. The number of hydrogen-bond donors (Lipinski definition) is 2. The van der Waals surface area contributed by atoms with E-state index in [2.05, 4.69) is 33.2 Å². The Morgan fingerprint density at radius 2 is 1.71 bits per heavy atom. The van der Waals surface area contributed by atoms with Gasteiger partial charge in [0, 0.05) is 42.9 Å². The number of benzene rings is 2. The SMILES string of the molecule is Cc1nc(N[C@H](C)c2cc(N)cc(C(F)(F)F)c2)c2cc(N3CCN(C)CC3)c3c(c2n1)CCC3. The third-order valence-corrected chi connectivity index (χ3v) is 7.15. The molecule has 6 nitrogen and oxygen atoms in total. The van der Waals surface area contributed by atoms with Crippen molar-refractivity contribution < 1.29 is 13.2 Å². The van der Waals surface area contributed by atoms with Crippen LogP contribution in [0, 0.1) is 6.92 Å². The number of hydrogen-bond acceptors (Lipinski definition) is 6. The second-order valence-electron chi connectivity index (χ2n) is 9.76. The Bertz CT molecular complexity index is 1260. The summed E-state index contributed by atoms with van der Waals surface area (Å²) in [5.74, 6) is 1.28. The monoisotopic (exact) mass is 484 g/mol. The van der Waals surface area contributed by atoms with Gasteiger partial charge in [-0.3, -0.25) is 0 Å². The van der Waals surface area contributed by atoms with Crippen LogP contribution in [0.15, 0.2) is 24.3 Å². The number of fused-ring (bicyclic) bond motifs is 3. The highest BCUT2D eigenvalue weighted by atomic mass is 19.4. The van der Waals surface area contributed by atoms with E-state index < -0.39 is 17.8 Å². The lowest BCUT2D eigenvalue weighted by Gasteiger charge is -2.35. The Balaban J connectivity index is 1.57. The lowest BCUT2D eigenvalue weighted by Crippen LogP contribution is -2.44. The van der Waals surface area contributed by atoms with Crippen molar-refractivity contribution in [1.82, 2.24) is 14.9 Å². The smallest absolute Gasteiger partial charge is 0.399 e. The molecule has 35 heavy (non-hydrogen) atoms. The molecular formula is C26H31F3N6. The molecule has 1 aliphatic heterocycles. The zero-order chi connectivity index (χ0) is 24.9. The Hall–Kier alpha value is -3.07. The standard InChI is InChI=1S/C26H31F3N6/c1-15(17-11-18(26(27,28)29)13-19(30)12-17)31-25-22-14-23(35-9-7-34(3)8-10-35)20-5-4-6-21(20)24(22)32-16(2)33-25/h11-15H,4-10,30H2,1-3H3,(H,31,32,33)/t15-/m1/s1. The molecule has 1 fully saturated rings. The first kappa shape index (κ1) is 23.7. The van der Waals surface area contributed by atoms with Gasteiger partial charge in [0.2, 0.25) is 0 Å². The molecule has 1 aliphatic carbocycles. The number of nitrogens with two attached hydrogens (primary N) is 1. The van der Waals surface area contributed by atoms with Crippen LogP contribution in [0.5, 0.6) is 0 Å². The summed E-state index contributed by atoms with van der Waals surface area (Å²) in [4.78, 5) is 14.3. The highest BCUT2D eigenvalue weighted by molar-refractivity contribution is 5.96. The summed E-state index contributed by atoms with van der Waals surface area (Å²) in [6.07, 6.45) is -1.34. The number of aryl methyl sites for hydroxylation is 2. The fourth-order valence-corrected chi connectivity index (χ4v) is 5.28. The first-order chi connectivity index (χ1) is 16.6. The van der Waals surface area contributed by atoms with E-state index in [4.69, 9.17) is 10.7 Å². The number of anilines is 3. The molecular weight excluding hydrogens is 453 g/mol. The van der Waals surface area contributed by atoms with Crippen LogP contribution >= 0.6 is 0 Å². The van der Waals surface area contributed by atoms with Crippen LogP contribution in [0.3, 0.4) is 0 Å². The van der Waals surface area contributed by atoms with Gasteiger partial charge in [0.1, 0.15) is 11.6 Å². The number of halogens is 3. The van der Waals surface area contributed by atoms with Crippen molar-refractivity contribution in [1.29, 1.82) is 0 Å². The molecule has 1 saturated heterocycles.